The second-order valence-electron chi connectivity index (χ2n) is 5.12. The minimum Gasteiger partial charge on any atom is -0.396 e. The van der Waals surface area contributed by atoms with Crippen molar-refractivity contribution >= 4 is 22.7 Å². The highest BCUT2D eigenvalue weighted by atomic mass is 32.1. The first-order chi connectivity index (χ1) is 9.11. The largest absolute Gasteiger partial charge is 0.396 e. The van der Waals surface area contributed by atoms with E-state index in [4.69, 9.17) is 0 Å². The van der Waals surface area contributed by atoms with Gasteiger partial charge in [-0.15, -0.1) is 22.7 Å². The maximum atomic E-state index is 9.17. The van der Waals surface area contributed by atoms with Gasteiger partial charge in [-0.25, -0.2) is 0 Å². The molecule has 0 unspecified atom stereocenters. The minimum atomic E-state index is -0.0582. The highest BCUT2D eigenvalue weighted by Crippen LogP contribution is 2.41. The zero-order chi connectivity index (χ0) is 13.9. The van der Waals surface area contributed by atoms with Crippen molar-refractivity contribution in [1.82, 2.24) is 0 Å². The predicted octanol–water partition coefficient (Wildman–Crippen LogP) is 3.21. The Hall–Kier alpha value is -0.680. The van der Waals surface area contributed by atoms with Crippen molar-refractivity contribution in [3.63, 3.8) is 0 Å². The number of hydrogen-bond donors (Lipinski definition) is 2. The lowest BCUT2D eigenvalue weighted by atomic mass is 9.84. The van der Waals surface area contributed by atoms with Gasteiger partial charge in [-0.05, 0) is 46.9 Å². The summed E-state index contributed by atoms with van der Waals surface area (Å²) in [5.41, 5.74) is 2.42. The molecule has 2 rings (SSSR count). The van der Waals surface area contributed by atoms with Gasteiger partial charge in [0.25, 0.3) is 0 Å². The normalized spacial score (nSPS) is 12.0. The molecule has 4 heteroatoms. The van der Waals surface area contributed by atoms with Crippen molar-refractivity contribution in [3.8, 4) is 0 Å². The Balaban J connectivity index is 2.40. The molecule has 0 fully saturated rings. The van der Waals surface area contributed by atoms with Gasteiger partial charge in [0.05, 0.1) is 0 Å². The van der Waals surface area contributed by atoms with Gasteiger partial charge in [-0.1, -0.05) is 13.8 Å². The fraction of sp³-hybridized carbons (Fsp3) is 0.467. The molecule has 0 saturated heterocycles. The molecule has 0 radical (unpaired) electrons. The molecule has 0 atom stereocenters. The van der Waals surface area contributed by atoms with Crippen LogP contribution in [0.25, 0.3) is 0 Å². The molecule has 0 spiro atoms. The molecule has 2 heterocycles. The first-order valence-electron chi connectivity index (χ1n) is 6.46. The van der Waals surface area contributed by atoms with Crippen LogP contribution in [-0.2, 0) is 18.3 Å². The van der Waals surface area contributed by atoms with Gasteiger partial charge < -0.3 is 10.2 Å². The molecule has 2 N–H and O–H groups in total. The molecule has 2 aromatic heterocycles. The van der Waals surface area contributed by atoms with E-state index in [0.717, 1.165) is 0 Å². The SMILES string of the molecule is CC(C)(c1sccc1CCO)c1sccc1CCO. The van der Waals surface area contributed by atoms with E-state index in [2.05, 4.69) is 36.7 Å². The molecular formula is C15H20O2S2. The lowest BCUT2D eigenvalue weighted by molar-refractivity contribution is 0.298. The maximum Gasteiger partial charge on any atom is 0.0471 e. The first-order valence-corrected chi connectivity index (χ1v) is 8.22. The van der Waals surface area contributed by atoms with Crippen LogP contribution in [0.1, 0.15) is 34.7 Å². The van der Waals surface area contributed by atoms with Crippen molar-refractivity contribution in [2.24, 2.45) is 0 Å². The van der Waals surface area contributed by atoms with E-state index in [1.54, 1.807) is 22.7 Å². The van der Waals surface area contributed by atoms with Gasteiger partial charge in [0.1, 0.15) is 0 Å². The lowest BCUT2D eigenvalue weighted by Gasteiger charge is -2.25. The van der Waals surface area contributed by atoms with Crippen molar-refractivity contribution < 1.29 is 10.2 Å². The van der Waals surface area contributed by atoms with Crippen LogP contribution in [0.4, 0.5) is 0 Å². The van der Waals surface area contributed by atoms with E-state index in [0.29, 0.717) is 12.8 Å². The Morgan fingerprint density at radius 2 is 1.32 bits per heavy atom. The van der Waals surface area contributed by atoms with Crippen molar-refractivity contribution in [1.29, 1.82) is 0 Å². The second-order valence-corrected chi connectivity index (χ2v) is 6.95. The highest BCUT2D eigenvalue weighted by molar-refractivity contribution is 7.12. The zero-order valence-corrected chi connectivity index (χ0v) is 13.0. The third kappa shape index (κ3) is 2.92. The fourth-order valence-corrected chi connectivity index (χ4v) is 4.74. The maximum absolute atomic E-state index is 9.17. The molecule has 0 aliphatic rings. The van der Waals surface area contributed by atoms with Gasteiger partial charge in [0, 0.05) is 28.4 Å². The van der Waals surface area contributed by atoms with Gasteiger partial charge in [-0.2, -0.15) is 0 Å². The summed E-state index contributed by atoms with van der Waals surface area (Å²) in [7, 11) is 0. The summed E-state index contributed by atoms with van der Waals surface area (Å²) in [6.45, 7) is 4.83. The number of thiophene rings is 2. The molecule has 0 amide bonds. The number of aliphatic hydroxyl groups excluding tert-OH is 2. The molecule has 0 aromatic carbocycles. The third-order valence-corrected chi connectivity index (χ3v) is 5.95. The molecule has 0 aliphatic carbocycles. The Bertz CT molecular complexity index is 479. The van der Waals surface area contributed by atoms with E-state index in [1.165, 1.54) is 20.9 Å². The van der Waals surface area contributed by atoms with Gasteiger partial charge in [-0.3, -0.25) is 0 Å². The van der Waals surface area contributed by atoms with Crippen LogP contribution in [0, 0.1) is 0 Å². The van der Waals surface area contributed by atoms with E-state index in [9.17, 15) is 10.2 Å². The highest BCUT2D eigenvalue weighted by Gasteiger charge is 2.30. The van der Waals surface area contributed by atoms with Crippen molar-refractivity contribution in [3.05, 3.63) is 43.8 Å². The van der Waals surface area contributed by atoms with Crippen LogP contribution in [-0.4, -0.2) is 23.4 Å². The molecule has 0 bridgehead atoms. The van der Waals surface area contributed by atoms with E-state index < -0.39 is 0 Å². The topological polar surface area (TPSA) is 40.5 Å². The monoisotopic (exact) mass is 296 g/mol. The zero-order valence-electron chi connectivity index (χ0n) is 11.3. The summed E-state index contributed by atoms with van der Waals surface area (Å²) in [5.74, 6) is 0. The second kappa shape index (κ2) is 6.18. The van der Waals surface area contributed by atoms with Crippen molar-refractivity contribution in [2.45, 2.75) is 32.1 Å². The third-order valence-electron chi connectivity index (χ3n) is 3.39. The van der Waals surface area contributed by atoms with Gasteiger partial charge in [0.15, 0.2) is 0 Å². The molecular weight excluding hydrogens is 276 g/mol. The van der Waals surface area contributed by atoms with Gasteiger partial charge >= 0.3 is 0 Å². The fourth-order valence-electron chi connectivity index (χ4n) is 2.51. The Labute approximate surface area is 122 Å². The summed E-state index contributed by atoms with van der Waals surface area (Å²) >= 11 is 3.51. The average Bonchev–Trinajstić information content (AvgIpc) is 2.99. The molecule has 2 aromatic rings. The van der Waals surface area contributed by atoms with Crippen LogP contribution >= 0.6 is 22.7 Å². The summed E-state index contributed by atoms with van der Waals surface area (Å²) < 4.78 is 0. The number of aliphatic hydroxyl groups is 2. The minimum absolute atomic E-state index is 0.0582. The van der Waals surface area contributed by atoms with Crippen molar-refractivity contribution in [2.75, 3.05) is 13.2 Å². The van der Waals surface area contributed by atoms with E-state index in [-0.39, 0.29) is 18.6 Å². The predicted molar refractivity (Wildman–Crippen MR) is 82.3 cm³/mol. The Morgan fingerprint density at radius 1 is 0.895 bits per heavy atom. The summed E-state index contributed by atoms with van der Waals surface area (Å²) in [4.78, 5) is 2.64. The molecule has 0 aliphatic heterocycles. The average molecular weight is 296 g/mol. The van der Waals surface area contributed by atoms with Crippen LogP contribution < -0.4 is 0 Å². The standard InChI is InChI=1S/C15H20O2S2/c1-15(2,13-11(3-7-16)5-9-18-13)14-12(4-8-17)6-10-19-14/h5-6,9-10,16-17H,3-4,7-8H2,1-2H3. The summed E-state index contributed by atoms with van der Waals surface area (Å²) in [5, 5.41) is 22.5. The van der Waals surface area contributed by atoms with Crippen LogP contribution in [0.2, 0.25) is 0 Å². The van der Waals surface area contributed by atoms with E-state index >= 15 is 0 Å². The molecule has 19 heavy (non-hydrogen) atoms. The summed E-state index contributed by atoms with van der Waals surface area (Å²) in [6, 6.07) is 4.22. The van der Waals surface area contributed by atoms with Gasteiger partial charge in [0.2, 0.25) is 0 Å². The van der Waals surface area contributed by atoms with E-state index in [1.807, 2.05) is 0 Å². The molecule has 0 saturated carbocycles. The quantitative estimate of drug-likeness (QED) is 0.859. The number of hydrogen-bond acceptors (Lipinski definition) is 4. The summed E-state index contributed by atoms with van der Waals surface area (Å²) in [6.07, 6.45) is 1.42. The molecule has 2 nitrogen and oxygen atoms in total. The van der Waals surface area contributed by atoms with Crippen LogP contribution in [0.3, 0.4) is 0 Å². The lowest BCUT2D eigenvalue weighted by Crippen LogP contribution is -2.20. The molecule has 104 valence electrons. The Morgan fingerprint density at radius 3 is 1.68 bits per heavy atom. The van der Waals surface area contributed by atoms with Crippen LogP contribution in [0.5, 0.6) is 0 Å². The Kier molecular flexibility index (Phi) is 4.79. The first kappa shape index (κ1) is 14.7. The van der Waals surface area contributed by atoms with Crippen LogP contribution in [0.15, 0.2) is 22.9 Å². The smallest absolute Gasteiger partial charge is 0.0471 e. The number of rotatable bonds is 6.